The number of allylic oxidation sites excluding steroid dienone is 1. The standard InChI is InChI=1S/C17H28N2/c1-11-4-8-15-16(19-11)9-7-14(10-17(15)18-3)12(2)13-5-6-13/h12-14,17-18H,4-10H2,1-3H3/t12-,14?,17?/m0/s1. The summed E-state index contributed by atoms with van der Waals surface area (Å²) in [6.07, 6.45) is 9.26. The van der Waals surface area contributed by atoms with Crippen LogP contribution in [0.5, 0.6) is 0 Å². The first-order valence-electron chi connectivity index (χ1n) is 8.12. The van der Waals surface area contributed by atoms with E-state index < -0.39 is 0 Å². The Bertz CT molecular complexity index is 403. The quantitative estimate of drug-likeness (QED) is 0.817. The fraction of sp³-hybridized carbons (Fsp3) is 0.824. The molecule has 0 spiro atoms. The molecule has 106 valence electrons. The minimum Gasteiger partial charge on any atom is -0.313 e. The fourth-order valence-electron chi connectivity index (χ4n) is 4.07. The molecular formula is C17H28N2. The molecule has 2 heteroatoms. The second-order valence-corrected chi connectivity index (χ2v) is 6.89. The van der Waals surface area contributed by atoms with E-state index >= 15 is 0 Å². The Morgan fingerprint density at radius 1 is 1.11 bits per heavy atom. The predicted molar refractivity (Wildman–Crippen MR) is 81.4 cm³/mol. The van der Waals surface area contributed by atoms with Crippen molar-refractivity contribution in [1.82, 2.24) is 5.32 Å². The van der Waals surface area contributed by atoms with Crippen LogP contribution in [0.25, 0.3) is 0 Å². The lowest BCUT2D eigenvalue weighted by molar-refractivity contribution is 0.272. The van der Waals surface area contributed by atoms with Crippen molar-refractivity contribution in [1.29, 1.82) is 0 Å². The highest BCUT2D eigenvalue weighted by atomic mass is 14.9. The SMILES string of the molecule is CNC1CC([C@@H](C)C2CC2)CCC2=C1CCC(C)=N2. The fourth-order valence-corrected chi connectivity index (χ4v) is 4.07. The Labute approximate surface area is 117 Å². The van der Waals surface area contributed by atoms with E-state index in [0.29, 0.717) is 6.04 Å². The minimum atomic E-state index is 0.584. The smallest absolute Gasteiger partial charge is 0.0410 e. The molecule has 0 aromatic heterocycles. The molecule has 0 radical (unpaired) electrons. The van der Waals surface area contributed by atoms with E-state index in [0.717, 1.165) is 17.8 Å². The number of likely N-dealkylation sites (N-methyl/N-ethyl adjacent to an activating group) is 1. The molecule has 1 fully saturated rings. The van der Waals surface area contributed by atoms with Crippen LogP contribution in [0, 0.1) is 17.8 Å². The molecule has 0 aromatic rings. The summed E-state index contributed by atoms with van der Waals surface area (Å²) in [7, 11) is 2.13. The number of hydrogen-bond donors (Lipinski definition) is 1. The van der Waals surface area contributed by atoms with Gasteiger partial charge in [0.25, 0.3) is 0 Å². The highest BCUT2D eigenvalue weighted by Gasteiger charge is 2.36. The van der Waals surface area contributed by atoms with Gasteiger partial charge < -0.3 is 5.32 Å². The van der Waals surface area contributed by atoms with Crippen LogP contribution >= 0.6 is 0 Å². The summed E-state index contributed by atoms with van der Waals surface area (Å²) in [6.45, 7) is 4.68. The molecule has 3 atom stereocenters. The molecule has 0 aromatic carbocycles. The van der Waals surface area contributed by atoms with E-state index in [4.69, 9.17) is 4.99 Å². The summed E-state index contributed by atoms with van der Waals surface area (Å²) in [5, 5.41) is 3.58. The monoisotopic (exact) mass is 260 g/mol. The summed E-state index contributed by atoms with van der Waals surface area (Å²) in [4.78, 5) is 4.87. The molecule has 19 heavy (non-hydrogen) atoms. The van der Waals surface area contributed by atoms with Gasteiger partial charge in [-0.25, -0.2) is 0 Å². The summed E-state index contributed by atoms with van der Waals surface area (Å²) >= 11 is 0. The molecular weight excluding hydrogens is 232 g/mol. The van der Waals surface area contributed by atoms with Crippen molar-refractivity contribution >= 4 is 5.71 Å². The van der Waals surface area contributed by atoms with Gasteiger partial charge in [-0.3, -0.25) is 4.99 Å². The molecule has 0 bridgehead atoms. The van der Waals surface area contributed by atoms with Crippen molar-refractivity contribution in [3.63, 3.8) is 0 Å². The average molecular weight is 260 g/mol. The Morgan fingerprint density at radius 2 is 1.89 bits per heavy atom. The molecule has 2 unspecified atom stereocenters. The minimum absolute atomic E-state index is 0.584. The molecule has 3 rings (SSSR count). The lowest BCUT2D eigenvalue weighted by Gasteiger charge is -2.27. The lowest BCUT2D eigenvalue weighted by Crippen LogP contribution is -2.32. The van der Waals surface area contributed by atoms with E-state index in [9.17, 15) is 0 Å². The highest BCUT2D eigenvalue weighted by molar-refractivity contribution is 5.84. The maximum atomic E-state index is 4.87. The van der Waals surface area contributed by atoms with Crippen LogP contribution < -0.4 is 5.32 Å². The van der Waals surface area contributed by atoms with Gasteiger partial charge in [-0.15, -0.1) is 0 Å². The maximum Gasteiger partial charge on any atom is 0.0410 e. The van der Waals surface area contributed by atoms with Gasteiger partial charge in [0.2, 0.25) is 0 Å². The van der Waals surface area contributed by atoms with Gasteiger partial charge in [0.05, 0.1) is 0 Å². The third-order valence-electron chi connectivity index (χ3n) is 5.62. The molecule has 1 aliphatic heterocycles. The third-order valence-corrected chi connectivity index (χ3v) is 5.62. The molecule has 0 amide bonds. The topological polar surface area (TPSA) is 24.4 Å². The van der Waals surface area contributed by atoms with Gasteiger partial charge in [-0.2, -0.15) is 0 Å². The Kier molecular flexibility index (Phi) is 3.79. The van der Waals surface area contributed by atoms with Crippen molar-refractivity contribution in [2.24, 2.45) is 22.7 Å². The van der Waals surface area contributed by atoms with Crippen LogP contribution in [0.4, 0.5) is 0 Å². The third kappa shape index (κ3) is 2.79. The van der Waals surface area contributed by atoms with Gasteiger partial charge in [-0.1, -0.05) is 6.92 Å². The Morgan fingerprint density at radius 3 is 2.58 bits per heavy atom. The van der Waals surface area contributed by atoms with Gasteiger partial charge in [-0.05, 0) is 82.2 Å². The highest BCUT2D eigenvalue weighted by Crippen LogP contribution is 2.45. The second kappa shape index (κ2) is 5.40. The molecule has 3 aliphatic rings. The molecule has 2 nitrogen and oxygen atoms in total. The van der Waals surface area contributed by atoms with Crippen molar-refractivity contribution in [3.8, 4) is 0 Å². The molecule has 1 saturated carbocycles. The number of hydrogen-bond acceptors (Lipinski definition) is 2. The van der Waals surface area contributed by atoms with Crippen LogP contribution in [0.1, 0.15) is 58.8 Å². The molecule has 0 saturated heterocycles. The molecule has 1 N–H and O–H groups in total. The zero-order valence-electron chi connectivity index (χ0n) is 12.7. The lowest BCUT2D eigenvalue weighted by atomic mass is 9.82. The number of rotatable bonds is 3. The Balaban J connectivity index is 1.78. The second-order valence-electron chi connectivity index (χ2n) is 6.89. The first-order valence-corrected chi connectivity index (χ1v) is 8.12. The van der Waals surface area contributed by atoms with Gasteiger partial charge in [0.1, 0.15) is 0 Å². The first-order chi connectivity index (χ1) is 9.19. The predicted octanol–water partition coefficient (Wildman–Crippen LogP) is 3.93. The van der Waals surface area contributed by atoms with Crippen LogP contribution in [-0.4, -0.2) is 18.8 Å². The van der Waals surface area contributed by atoms with Crippen LogP contribution in [0.2, 0.25) is 0 Å². The van der Waals surface area contributed by atoms with Gasteiger partial charge >= 0.3 is 0 Å². The van der Waals surface area contributed by atoms with Crippen LogP contribution in [0.15, 0.2) is 16.3 Å². The van der Waals surface area contributed by atoms with Crippen LogP contribution in [-0.2, 0) is 0 Å². The number of aliphatic imine (C=N–C) groups is 1. The first kappa shape index (κ1) is 13.4. The number of nitrogens with one attached hydrogen (secondary N) is 1. The summed E-state index contributed by atoms with van der Waals surface area (Å²) in [6, 6.07) is 0.584. The average Bonchev–Trinajstić information content (AvgIpc) is 3.24. The summed E-state index contributed by atoms with van der Waals surface area (Å²) < 4.78 is 0. The van der Waals surface area contributed by atoms with E-state index in [1.807, 2.05) is 0 Å². The zero-order valence-corrected chi connectivity index (χ0v) is 12.7. The Hall–Kier alpha value is -0.630. The number of nitrogens with zero attached hydrogens (tertiary/aromatic N) is 1. The zero-order chi connectivity index (χ0) is 13.4. The van der Waals surface area contributed by atoms with Gasteiger partial charge in [0, 0.05) is 17.5 Å². The van der Waals surface area contributed by atoms with Crippen molar-refractivity contribution in [3.05, 3.63) is 11.3 Å². The molecule has 1 heterocycles. The van der Waals surface area contributed by atoms with E-state index in [2.05, 4.69) is 26.2 Å². The molecule has 2 aliphatic carbocycles. The largest absolute Gasteiger partial charge is 0.313 e. The van der Waals surface area contributed by atoms with E-state index in [1.54, 1.807) is 5.57 Å². The summed E-state index contributed by atoms with van der Waals surface area (Å²) in [5.41, 5.74) is 4.38. The van der Waals surface area contributed by atoms with E-state index in [-0.39, 0.29) is 0 Å². The van der Waals surface area contributed by atoms with Crippen LogP contribution in [0.3, 0.4) is 0 Å². The van der Waals surface area contributed by atoms with Gasteiger partial charge in [0.15, 0.2) is 0 Å². The summed E-state index contributed by atoms with van der Waals surface area (Å²) in [5.74, 6) is 2.84. The van der Waals surface area contributed by atoms with Crippen molar-refractivity contribution in [2.75, 3.05) is 7.05 Å². The van der Waals surface area contributed by atoms with E-state index in [1.165, 1.54) is 56.4 Å². The normalized spacial score (nSPS) is 33.5. The maximum absolute atomic E-state index is 4.87. The van der Waals surface area contributed by atoms with Crippen molar-refractivity contribution < 1.29 is 0 Å². The van der Waals surface area contributed by atoms with Crippen molar-refractivity contribution in [2.45, 2.75) is 64.8 Å².